The van der Waals surface area contributed by atoms with Crippen LogP contribution in [-0.4, -0.2) is 25.5 Å². The van der Waals surface area contributed by atoms with Gasteiger partial charge >= 0.3 is 16.5 Å². The lowest BCUT2D eigenvalue weighted by atomic mass is 11.1. The van der Waals surface area contributed by atoms with Crippen LogP contribution in [-0.2, 0) is 9.13 Å². The third kappa shape index (κ3) is 1350. The summed E-state index contributed by atoms with van der Waals surface area (Å²) in [5, 5.41) is 6.06. The first-order chi connectivity index (χ1) is 5.20. The van der Waals surface area contributed by atoms with E-state index in [1.807, 2.05) is 0 Å². The Labute approximate surface area is 69.0 Å². The van der Waals surface area contributed by atoms with Crippen molar-refractivity contribution in [3.63, 3.8) is 0 Å². The summed E-state index contributed by atoms with van der Waals surface area (Å²) in [6.45, 7) is 0. The average Bonchev–Trinajstić information content (AvgIpc) is 1.54. The van der Waals surface area contributed by atoms with Crippen LogP contribution in [0.3, 0.4) is 0 Å². The summed E-state index contributed by atoms with van der Waals surface area (Å²) in [5.41, 5.74) is 8.94. The van der Waals surface area contributed by atoms with Crippen LogP contribution in [0.4, 0.5) is 0 Å². The summed E-state index contributed by atoms with van der Waals surface area (Å²) in [4.78, 5) is 28.5. The molecule has 0 aliphatic rings. The van der Waals surface area contributed by atoms with Crippen molar-refractivity contribution < 1.29 is 28.7 Å². The van der Waals surface area contributed by atoms with Crippen LogP contribution in [0, 0.1) is 5.41 Å². The normalized spacial score (nSPS) is 6.33. The van der Waals surface area contributed by atoms with Gasteiger partial charge in [0.15, 0.2) is 5.96 Å². The van der Waals surface area contributed by atoms with Crippen molar-refractivity contribution in [1.82, 2.24) is 0 Å². The van der Waals surface area contributed by atoms with Gasteiger partial charge in [-0.25, -0.2) is 0 Å². The van der Waals surface area contributed by atoms with Crippen molar-refractivity contribution in [1.29, 1.82) is 5.41 Å². The van der Waals surface area contributed by atoms with E-state index in [1.54, 1.807) is 0 Å². The fourth-order valence-electron chi connectivity index (χ4n) is 0. The molecule has 0 saturated heterocycles. The van der Waals surface area contributed by atoms with Gasteiger partial charge in [0.05, 0.1) is 0 Å². The number of nitrogens with one attached hydrogen (secondary N) is 1. The minimum absolute atomic E-state index is 0.333. The van der Waals surface area contributed by atoms with Crippen LogP contribution in [0.15, 0.2) is 0 Å². The number of hydrogen-bond donors (Lipinski definition) is 7. The van der Waals surface area contributed by atoms with Crippen LogP contribution >= 0.6 is 16.5 Å². The Bertz CT molecular complexity index is 118. The molecule has 0 unspecified atom stereocenters. The topological polar surface area (TPSA) is 191 Å². The molecular weight excluding hydrogens is 212 g/mol. The molecule has 11 heteroatoms. The van der Waals surface area contributed by atoms with Gasteiger partial charge in [0.2, 0.25) is 0 Å². The summed E-state index contributed by atoms with van der Waals surface area (Å²) in [6.07, 6.45) is 0. The summed E-state index contributed by atoms with van der Waals surface area (Å²) < 4.78 is 17.4. The van der Waals surface area contributed by atoms with Gasteiger partial charge in [0.1, 0.15) is 0 Å². The Kier molecular flexibility index (Phi) is 18.8. The molecule has 0 amide bonds. The largest absolute Gasteiger partial charge is 0.692 e. The molecule has 0 radical (unpaired) electrons. The fourth-order valence-corrected chi connectivity index (χ4v) is 0. The molecule has 0 atom stereocenters. The molecule has 0 aromatic heterocycles. The van der Waals surface area contributed by atoms with E-state index in [0.29, 0.717) is 0 Å². The molecule has 0 rings (SSSR count). The van der Waals surface area contributed by atoms with E-state index < -0.39 is 16.5 Å². The standard InChI is InChI=1S/CH5N3.2HO3P/c2-1(3)4;2*1-4(2)3/h(H5,2,3,4);2*(H-,1,2,3)/p+2. The van der Waals surface area contributed by atoms with Crippen molar-refractivity contribution >= 4 is 22.5 Å². The zero-order valence-corrected chi connectivity index (χ0v) is 7.44. The van der Waals surface area contributed by atoms with Gasteiger partial charge in [-0.3, -0.25) is 5.41 Å². The van der Waals surface area contributed by atoms with Crippen molar-refractivity contribution in [3.8, 4) is 0 Å². The molecule has 0 fully saturated rings. The van der Waals surface area contributed by atoms with Gasteiger partial charge < -0.3 is 11.5 Å². The quantitative estimate of drug-likeness (QED) is 0.140. The summed E-state index contributed by atoms with van der Waals surface area (Å²) >= 11 is 0. The van der Waals surface area contributed by atoms with Crippen LogP contribution in [0.2, 0.25) is 0 Å². The van der Waals surface area contributed by atoms with E-state index >= 15 is 0 Å². The Morgan fingerprint density at radius 1 is 1.00 bits per heavy atom. The minimum atomic E-state index is -2.87. The van der Waals surface area contributed by atoms with Crippen LogP contribution < -0.4 is 11.5 Å². The maximum Gasteiger partial charge on any atom is 0.692 e. The van der Waals surface area contributed by atoms with Gasteiger partial charge in [-0.2, -0.15) is 0 Å². The van der Waals surface area contributed by atoms with Crippen LogP contribution in [0.25, 0.3) is 0 Å². The van der Waals surface area contributed by atoms with Crippen molar-refractivity contribution in [2.75, 3.05) is 0 Å². The van der Waals surface area contributed by atoms with E-state index in [-0.39, 0.29) is 5.96 Å². The zero-order valence-electron chi connectivity index (χ0n) is 5.65. The smallest absolute Gasteiger partial charge is 0.370 e. The third-order valence-corrected chi connectivity index (χ3v) is 0. The Morgan fingerprint density at radius 3 is 1.00 bits per heavy atom. The maximum atomic E-state index is 8.70. The highest BCUT2D eigenvalue weighted by Crippen LogP contribution is 1.98. The van der Waals surface area contributed by atoms with E-state index in [4.69, 9.17) is 34.1 Å². The SMILES string of the molecule is N=C(N)N.O=[P+](O)O.O=[P+](O)O. The lowest BCUT2D eigenvalue weighted by molar-refractivity contribution is 0.403. The Hall–Kier alpha value is -0.690. The molecule has 0 aromatic carbocycles. The molecule has 9 nitrogen and oxygen atoms in total. The van der Waals surface area contributed by atoms with Crippen molar-refractivity contribution in [3.05, 3.63) is 0 Å². The third-order valence-electron chi connectivity index (χ3n) is 0. The summed E-state index contributed by atoms with van der Waals surface area (Å²) in [5.74, 6) is -0.333. The molecule has 0 heterocycles. The molecule has 0 aliphatic heterocycles. The highest BCUT2D eigenvalue weighted by molar-refractivity contribution is 7.31. The Balaban J connectivity index is -0.000000101. The van der Waals surface area contributed by atoms with Crippen molar-refractivity contribution in [2.45, 2.75) is 0 Å². The second kappa shape index (κ2) is 12.9. The van der Waals surface area contributed by atoms with Gasteiger partial charge in [0, 0.05) is 9.13 Å². The Morgan fingerprint density at radius 2 is 1.00 bits per heavy atom. The first kappa shape index (κ1) is 17.4. The predicted molar refractivity (Wildman–Crippen MR) is 40.2 cm³/mol. The van der Waals surface area contributed by atoms with E-state index in [9.17, 15) is 0 Å². The minimum Gasteiger partial charge on any atom is -0.370 e. The van der Waals surface area contributed by atoms with Gasteiger partial charge in [-0.1, -0.05) is 0 Å². The van der Waals surface area contributed by atoms with E-state index in [0.717, 1.165) is 0 Å². The lowest BCUT2D eigenvalue weighted by Crippen LogP contribution is -2.20. The fraction of sp³-hybridized carbons (Fsp3) is 0. The number of nitrogens with two attached hydrogens (primary N) is 2. The van der Waals surface area contributed by atoms with Gasteiger partial charge in [-0.05, 0) is 0 Å². The second-order valence-electron chi connectivity index (χ2n) is 0.961. The second-order valence-corrected chi connectivity index (χ2v) is 1.97. The number of rotatable bonds is 0. The highest BCUT2D eigenvalue weighted by Gasteiger charge is 1.93. The molecule has 72 valence electrons. The predicted octanol–water partition coefficient (Wildman–Crippen LogP) is -1.90. The van der Waals surface area contributed by atoms with Crippen LogP contribution in [0.1, 0.15) is 0 Å². The number of guanidine groups is 1. The van der Waals surface area contributed by atoms with Crippen LogP contribution in [0.5, 0.6) is 0 Å². The maximum absolute atomic E-state index is 8.70. The van der Waals surface area contributed by atoms with Crippen molar-refractivity contribution in [2.24, 2.45) is 11.5 Å². The van der Waals surface area contributed by atoms with E-state index in [1.165, 1.54) is 0 Å². The first-order valence-electron chi connectivity index (χ1n) is 1.99. The zero-order chi connectivity index (χ0) is 10.7. The van der Waals surface area contributed by atoms with Gasteiger partial charge in [-0.15, -0.1) is 19.6 Å². The average molecular weight is 221 g/mol. The molecule has 12 heavy (non-hydrogen) atoms. The molecule has 9 N–H and O–H groups in total. The molecule has 0 aromatic rings. The molecule has 0 spiro atoms. The molecular formula is CH9N3O6P2+2. The summed E-state index contributed by atoms with van der Waals surface area (Å²) in [6, 6.07) is 0. The monoisotopic (exact) mass is 221 g/mol. The lowest BCUT2D eigenvalue weighted by Gasteiger charge is -1.69. The molecule has 0 saturated carbocycles. The number of hydrogen-bond acceptors (Lipinski definition) is 3. The highest BCUT2D eigenvalue weighted by atomic mass is 31.1. The van der Waals surface area contributed by atoms with E-state index in [2.05, 4.69) is 11.5 Å². The summed E-state index contributed by atoms with van der Waals surface area (Å²) in [7, 11) is -5.74. The van der Waals surface area contributed by atoms with Gasteiger partial charge in [0.25, 0.3) is 0 Å². The molecule has 0 bridgehead atoms. The first-order valence-corrected chi connectivity index (χ1v) is 4.32. The molecule has 0 aliphatic carbocycles.